The molecule has 0 radical (unpaired) electrons. The highest BCUT2D eigenvalue weighted by Gasteiger charge is 2.52. The van der Waals surface area contributed by atoms with Crippen molar-refractivity contribution < 1.29 is 24.5 Å². The molecule has 2 saturated carbocycles. The summed E-state index contributed by atoms with van der Waals surface area (Å²) in [5.74, 6) is 0.108. The molecule has 1 aromatic carbocycles. The third-order valence-electron chi connectivity index (χ3n) is 7.10. The van der Waals surface area contributed by atoms with Crippen LogP contribution in [0.1, 0.15) is 50.0 Å². The van der Waals surface area contributed by atoms with Crippen LogP contribution < -0.4 is 10.1 Å². The van der Waals surface area contributed by atoms with Crippen molar-refractivity contribution >= 4 is 11.8 Å². The normalized spacial score (nSPS) is 29.5. The number of hydrogen-bond donors (Lipinski definition) is 3. The van der Waals surface area contributed by atoms with Crippen molar-refractivity contribution in [3.63, 3.8) is 0 Å². The van der Waals surface area contributed by atoms with E-state index in [0.717, 1.165) is 44.1 Å². The summed E-state index contributed by atoms with van der Waals surface area (Å²) < 4.78 is 6.15. The minimum atomic E-state index is -0.921. The van der Waals surface area contributed by atoms with E-state index in [0.29, 0.717) is 11.3 Å². The number of carbonyl (C=O) groups excluding carboxylic acids is 2. The van der Waals surface area contributed by atoms with E-state index in [9.17, 15) is 19.8 Å². The second kappa shape index (κ2) is 8.28. The monoisotopic (exact) mass is 426 g/mol. The van der Waals surface area contributed by atoms with Gasteiger partial charge in [0.05, 0.1) is 18.6 Å². The van der Waals surface area contributed by atoms with E-state index in [1.54, 1.807) is 6.08 Å². The van der Waals surface area contributed by atoms with Crippen molar-refractivity contribution in [1.29, 1.82) is 0 Å². The third kappa shape index (κ3) is 3.64. The van der Waals surface area contributed by atoms with E-state index < -0.39 is 24.2 Å². The molecule has 4 aliphatic rings. The number of aliphatic hydroxyl groups excluding tert-OH is 2. The third-order valence-corrected chi connectivity index (χ3v) is 7.10. The van der Waals surface area contributed by atoms with Gasteiger partial charge in [0.25, 0.3) is 0 Å². The van der Waals surface area contributed by atoms with Crippen molar-refractivity contribution in [3.05, 3.63) is 41.5 Å². The Morgan fingerprint density at radius 3 is 2.58 bits per heavy atom. The number of fused-ring (bicyclic) bond motifs is 3. The van der Waals surface area contributed by atoms with Gasteiger partial charge in [-0.25, -0.2) is 0 Å². The SMILES string of the molecule is O=C(NCCO)C1=CC(N(C(=O)C2CC2)C2CCCC2)C(O)C2Oc3ccccc3C12. The van der Waals surface area contributed by atoms with Crippen LogP contribution in [0.25, 0.3) is 0 Å². The number of hydrogen-bond acceptors (Lipinski definition) is 5. The van der Waals surface area contributed by atoms with Crippen LogP contribution in [0.3, 0.4) is 0 Å². The Labute approximate surface area is 182 Å². The van der Waals surface area contributed by atoms with Crippen molar-refractivity contribution in [1.82, 2.24) is 10.2 Å². The number of carbonyl (C=O) groups is 2. The lowest BCUT2D eigenvalue weighted by molar-refractivity contribution is -0.141. The molecule has 4 unspecified atom stereocenters. The highest BCUT2D eigenvalue weighted by atomic mass is 16.5. The van der Waals surface area contributed by atoms with E-state index in [2.05, 4.69) is 5.32 Å². The average molecular weight is 427 g/mol. The van der Waals surface area contributed by atoms with Crippen molar-refractivity contribution in [2.24, 2.45) is 5.92 Å². The van der Waals surface area contributed by atoms with Gasteiger partial charge in [-0.3, -0.25) is 9.59 Å². The smallest absolute Gasteiger partial charge is 0.247 e. The Bertz CT molecular complexity index is 890. The number of rotatable bonds is 6. The van der Waals surface area contributed by atoms with Crippen LogP contribution in [-0.2, 0) is 9.59 Å². The predicted octanol–water partition coefficient (Wildman–Crippen LogP) is 1.49. The first-order valence-corrected chi connectivity index (χ1v) is 11.5. The average Bonchev–Trinajstić information content (AvgIpc) is 3.35. The van der Waals surface area contributed by atoms with Gasteiger partial charge in [0, 0.05) is 29.6 Å². The minimum Gasteiger partial charge on any atom is -0.486 e. The molecule has 1 aliphatic heterocycles. The summed E-state index contributed by atoms with van der Waals surface area (Å²) in [6.45, 7) is -0.00273. The fraction of sp³-hybridized carbons (Fsp3) is 0.583. The quantitative estimate of drug-likeness (QED) is 0.640. The Morgan fingerprint density at radius 2 is 1.87 bits per heavy atom. The first kappa shape index (κ1) is 20.5. The molecule has 0 spiro atoms. The van der Waals surface area contributed by atoms with Gasteiger partial charge in [-0.2, -0.15) is 0 Å². The highest BCUT2D eigenvalue weighted by molar-refractivity contribution is 5.96. The molecule has 1 aromatic rings. The second-order valence-corrected chi connectivity index (χ2v) is 9.14. The van der Waals surface area contributed by atoms with E-state index in [1.165, 1.54) is 0 Å². The number of benzene rings is 1. The van der Waals surface area contributed by atoms with Gasteiger partial charge in [0.15, 0.2) is 0 Å². The number of ether oxygens (including phenoxy) is 1. The molecular weight excluding hydrogens is 396 g/mol. The molecule has 0 saturated heterocycles. The molecule has 3 aliphatic carbocycles. The van der Waals surface area contributed by atoms with Gasteiger partial charge in [-0.05, 0) is 37.8 Å². The fourth-order valence-corrected chi connectivity index (χ4v) is 5.46. The summed E-state index contributed by atoms with van der Waals surface area (Å²) in [6, 6.07) is 7.03. The van der Waals surface area contributed by atoms with Gasteiger partial charge >= 0.3 is 0 Å². The van der Waals surface area contributed by atoms with Crippen LogP contribution in [0, 0.1) is 5.92 Å². The number of aliphatic hydroxyl groups is 2. The lowest BCUT2D eigenvalue weighted by Crippen LogP contribution is -2.58. The number of nitrogens with zero attached hydrogens (tertiary/aromatic N) is 1. The number of nitrogens with one attached hydrogen (secondary N) is 1. The van der Waals surface area contributed by atoms with Gasteiger partial charge in [-0.15, -0.1) is 0 Å². The molecule has 4 atom stereocenters. The van der Waals surface area contributed by atoms with Crippen LogP contribution in [0.15, 0.2) is 35.9 Å². The maximum atomic E-state index is 13.3. The maximum Gasteiger partial charge on any atom is 0.247 e. The molecule has 2 fully saturated rings. The molecule has 7 heteroatoms. The largest absolute Gasteiger partial charge is 0.486 e. The Morgan fingerprint density at radius 1 is 1.13 bits per heavy atom. The molecule has 3 N–H and O–H groups in total. The molecule has 166 valence electrons. The van der Waals surface area contributed by atoms with Gasteiger partial charge in [0.2, 0.25) is 11.8 Å². The molecule has 1 heterocycles. The standard InChI is InChI=1S/C24H30N2O5/c27-12-11-25-23(29)17-13-18(26(15-5-1-2-6-15)24(30)14-9-10-14)21(28)22-20(17)16-7-3-4-8-19(16)31-22/h3-4,7-8,13-15,18,20-22,27-28H,1-2,5-6,9-12H2,(H,25,29). The van der Waals surface area contributed by atoms with Crippen LogP contribution in [0.2, 0.25) is 0 Å². The zero-order valence-electron chi connectivity index (χ0n) is 17.6. The number of para-hydroxylation sites is 1. The Hall–Kier alpha value is -2.38. The summed E-state index contributed by atoms with van der Waals surface area (Å²) >= 11 is 0. The van der Waals surface area contributed by atoms with Crippen molar-refractivity contribution in [3.8, 4) is 5.75 Å². The second-order valence-electron chi connectivity index (χ2n) is 9.14. The summed E-state index contributed by atoms with van der Waals surface area (Å²) in [5.41, 5.74) is 1.38. The van der Waals surface area contributed by atoms with E-state index in [4.69, 9.17) is 4.74 Å². The molecular formula is C24H30N2O5. The topological polar surface area (TPSA) is 99.1 Å². The Balaban J connectivity index is 1.55. The van der Waals surface area contributed by atoms with Crippen LogP contribution in [0.5, 0.6) is 5.75 Å². The maximum absolute atomic E-state index is 13.3. The summed E-state index contributed by atoms with van der Waals surface area (Å²) in [6.07, 6.45) is 6.04. The molecule has 0 aromatic heterocycles. The molecule has 5 rings (SSSR count). The molecule has 0 bridgehead atoms. The zero-order chi connectivity index (χ0) is 21.5. The van der Waals surface area contributed by atoms with Gasteiger partial charge in [0.1, 0.15) is 18.0 Å². The first-order valence-electron chi connectivity index (χ1n) is 11.5. The van der Waals surface area contributed by atoms with E-state index in [1.807, 2.05) is 29.2 Å². The summed E-state index contributed by atoms with van der Waals surface area (Å²) in [4.78, 5) is 28.3. The Kier molecular flexibility index (Phi) is 5.48. The van der Waals surface area contributed by atoms with Crippen LogP contribution in [0.4, 0.5) is 0 Å². The van der Waals surface area contributed by atoms with Crippen LogP contribution >= 0.6 is 0 Å². The zero-order valence-corrected chi connectivity index (χ0v) is 17.6. The molecule has 7 nitrogen and oxygen atoms in total. The van der Waals surface area contributed by atoms with Gasteiger partial charge in [-0.1, -0.05) is 31.0 Å². The lowest BCUT2D eigenvalue weighted by atomic mass is 9.77. The fourth-order valence-electron chi connectivity index (χ4n) is 5.46. The number of amides is 2. The predicted molar refractivity (Wildman–Crippen MR) is 113 cm³/mol. The van der Waals surface area contributed by atoms with Crippen LogP contribution in [-0.4, -0.2) is 64.4 Å². The van der Waals surface area contributed by atoms with Crippen molar-refractivity contribution in [2.45, 2.75) is 68.7 Å². The van der Waals surface area contributed by atoms with Gasteiger partial charge < -0.3 is 25.2 Å². The first-order chi connectivity index (χ1) is 15.1. The lowest BCUT2D eigenvalue weighted by Gasteiger charge is -2.43. The molecule has 2 amide bonds. The van der Waals surface area contributed by atoms with Crippen molar-refractivity contribution in [2.75, 3.05) is 13.2 Å². The molecule has 31 heavy (non-hydrogen) atoms. The van der Waals surface area contributed by atoms with E-state index >= 15 is 0 Å². The van der Waals surface area contributed by atoms with E-state index in [-0.39, 0.29) is 36.9 Å². The minimum absolute atomic E-state index is 0.0345. The highest BCUT2D eigenvalue weighted by Crippen LogP contribution is 2.48. The summed E-state index contributed by atoms with van der Waals surface area (Å²) in [5, 5.41) is 23.4. The summed E-state index contributed by atoms with van der Waals surface area (Å²) in [7, 11) is 0.